The average molecular weight is 192 g/mol. The SMILES string of the molecule is Cc1cc2onc(C3(CN)CC3)c2o1. The summed E-state index contributed by atoms with van der Waals surface area (Å²) in [7, 11) is 0. The molecule has 2 aromatic rings. The summed E-state index contributed by atoms with van der Waals surface area (Å²) in [4.78, 5) is 0. The van der Waals surface area contributed by atoms with Gasteiger partial charge in [-0.15, -0.1) is 0 Å². The van der Waals surface area contributed by atoms with Crippen LogP contribution in [0.15, 0.2) is 15.0 Å². The molecule has 0 spiro atoms. The van der Waals surface area contributed by atoms with Crippen molar-refractivity contribution in [2.45, 2.75) is 25.2 Å². The molecule has 1 aliphatic rings. The third-order valence-electron chi connectivity index (χ3n) is 3.02. The Kier molecular flexibility index (Phi) is 1.37. The van der Waals surface area contributed by atoms with E-state index in [0.717, 1.165) is 35.5 Å². The zero-order valence-corrected chi connectivity index (χ0v) is 8.04. The normalized spacial score (nSPS) is 19.0. The minimum Gasteiger partial charge on any atom is -0.456 e. The topological polar surface area (TPSA) is 65.2 Å². The molecule has 0 saturated heterocycles. The van der Waals surface area contributed by atoms with Crippen LogP contribution in [0.4, 0.5) is 0 Å². The minimum absolute atomic E-state index is 0.0372. The zero-order chi connectivity index (χ0) is 9.76. The largest absolute Gasteiger partial charge is 0.456 e. The van der Waals surface area contributed by atoms with Gasteiger partial charge in [0, 0.05) is 18.0 Å². The molecule has 2 N–H and O–H groups in total. The molecule has 1 fully saturated rings. The van der Waals surface area contributed by atoms with Gasteiger partial charge in [0.2, 0.25) is 5.58 Å². The number of aromatic nitrogens is 1. The summed E-state index contributed by atoms with van der Waals surface area (Å²) in [6.45, 7) is 2.52. The van der Waals surface area contributed by atoms with Crippen molar-refractivity contribution in [2.75, 3.05) is 6.54 Å². The van der Waals surface area contributed by atoms with Crippen LogP contribution in [0.2, 0.25) is 0 Å². The van der Waals surface area contributed by atoms with E-state index in [1.165, 1.54) is 0 Å². The second-order valence-electron chi connectivity index (χ2n) is 4.07. The van der Waals surface area contributed by atoms with Gasteiger partial charge in [-0.2, -0.15) is 0 Å². The Balaban J connectivity index is 2.21. The van der Waals surface area contributed by atoms with Gasteiger partial charge in [0.1, 0.15) is 11.5 Å². The molecule has 0 unspecified atom stereocenters. The maximum atomic E-state index is 5.73. The third kappa shape index (κ3) is 0.889. The Morgan fingerprint density at radius 3 is 3.00 bits per heavy atom. The van der Waals surface area contributed by atoms with Crippen molar-refractivity contribution in [1.29, 1.82) is 0 Å². The fraction of sp³-hybridized carbons (Fsp3) is 0.500. The smallest absolute Gasteiger partial charge is 0.205 e. The first kappa shape index (κ1) is 8.05. The lowest BCUT2D eigenvalue weighted by Gasteiger charge is -2.05. The molecule has 0 aliphatic heterocycles. The lowest BCUT2D eigenvalue weighted by molar-refractivity contribution is 0.433. The van der Waals surface area contributed by atoms with Gasteiger partial charge in [-0.1, -0.05) is 5.16 Å². The van der Waals surface area contributed by atoms with Crippen LogP contribution in [0.1, 0.15) is 24.3 Å². The van der Waals surface area contributed by atoms with E-state index in [2.05, 4.69) is 5.16 Å². The molecule has 74 valence electrons. The minimum atomic E-state index is 0.0372. The summed E-state index contributed by atoms with van der Waals surface area (Å²) in [5, 5.41) is 4.05. The van der Waals surface area contributed by atoms with Crippen molar-refractivity contribution < 1.29 is 8.94 Å². The average Bonchev–Trinajstić information content (AvgIpc) is 2.74. The molecule has 2 heterocycles. The van der Waals surface area contributed by atoms with E-state index in [-0.39, 0.29) is 5.41 Å². The number of rotatable bonds is 2. The highest BCUT2D eigenvalue weighted by Gasteiger charge is 2.47. The predicted octanol–water partition coefficient (Wildman–Crippen LogP) is 1.72. The van der Waals surface area contributed by atoms with Crippen LogP contribution in [0.3, 0.4) is 0 Å². The van der Waals surface area contributed by atoms with E-state index in [4.69, 9.17) is 14.7 Å². The third-order valence-corrected chi connectivity index (χ3v) is 3.02. The molecule has 4 nitrogen and oxygen atoms in total. The van der Waals surface area contributed by atoms with E-state index < -0.39 is 0 Å². The van der Waals surface area contributed by atoms with Gasteiger partial charge in [-0.05, 0) is 19.8 Å². The van der Waals surface area contributed by atoms with Crippen LogP contribution < -0.4 is 5.73 Å². The van der Waals surface area contributed by atoms with Gasteiger partial charge >= 0.3 is 0 Å². The van der Waals surface area contributed by atoms with Crippen LogP contribution in [0, 0.1) is 6.92 Å². The monoisotopic (exact) mass is 192 g/mol. The summed E-state index contributed by atoms with van der Waals surface area (Å²) in [6, 6.07) is 1.86. The molecule has 14 heavy (non-hydrogen) atoms. The van der Waals surface area contributed by atoms with Crippen LogP contribution >= 0.6 is 0 Å². The molecular formula is C10H12N2O2. The van der Waals surface area contributed by atoms with Gasteiger partial charge in [0.05, 0.1) is 0 Å². The fourth-order valence-electron chi connectivity index (χ4n) is 1.89. The van der Waals surface area contributed by atoms with Gasteiger partial charge in [-0.3, -0.25) is 0 Å². The second kappa shape index (κ2) is 2.39. The van der Waals surface area contributed by atoms with Crippen molar-refractivity contribution in [3.8, 4) is 0 Å². The van der Waals surface area contributed by atoms with Crippen LogP contribution in [0.5, 0.6) is 0 Å². The molecule has 1 aliphatic carbocycles. The first-order valence-corrected chi connectivity index (χ1v) is 4.81. The van der Waals surface area contributed by atoms with Crippen LogP contribution in [-0.2, 0) is 5.41 Å². The van der Waals surface area contributed by atoms with Gasteiger partial charge in [-0.25, -0.2) is 0 Å². The highest BCUT2D eigenvalue weighted by molar-refractivity contribution is 5.75. The van der Waals surface area contributed by atoms with Crippen molar-refractivity contribution in [2.24, 2.45) is 5.73 Å². The Labute approximate surface area is 81.0 Å². The summed E-state index contributed by atoms with van der Waals surface area (Å²) < 4.78 is 10.8. The van der Waals surface area contributed by atoms with Crippen molar-refractivity contribution >= 4 is 11.2 Å². The molecule has 0 bridgehead atoms. The number of fused-ring (bicyclic) bond motifs is 1. The molecule has 0 amide bonds. The molecule has 2 aromatic heterocycles. The summed E-state index contributed by atoms with van der Waals surface area (Å²) in [5.41, 5.74) is 8.19. The first-order chi connectivity index (χ1) is 6.75. The molecule has 1 saturated carbocycles. The van der Waals surface area contributed by atoms with E-state index in [1.54, 1.807) is 0 Å². The van der Waals surface area contributed by atoms with E-state index in [1.807, 2.05) is 13.0 Å². The number of hydrogen-bond acceptors (Lipinski definition) is 4. The summed E-state index contributed by atoms with van der Waals surface area (Å²) >= 11 is 0. The highest BCUT2D eigenvalue weighted by atomic mass is 16.5. The Bertz CT molecular complexity index is 479. The van der Waals surface area contributed by atoms with E-state index in [0.29, 0.717) is 6.54 Å². The van der Waals surface area contributed by atoms with Gasteiger partial charge in [0.15, 0.2) is 5.58 Å². The Morgan fingerprint density at radius 2 is 2.36 bits per heavy atom. The zero-order valence-electron chi connectivity index (χ0n) is 8.04. The molecule has 4 heteroatoms. The van der Waals surface area contributed by atoms with Crippen molar-refractivity contribution in [3.05, 3.63) is 17.5 Å². The van der Waals surface area contributed by atoms with E-state index >= 15 is 0 Å². The quantitative estimate of drug-likeness (QED) is 0.786. The number of nitrogens with zero attached hydrogens (tertiary/aromatic N) is 1. The lowest BCUT2D eigenvalue weighted by Crippen LogP contribution is -2.20. The number of nitrogens with two attached hydrogens (primary N) is 1. The summed E-state index contributed by atoms with van der Waals surface area (Å²) in [6.07, 6.45) is 2.18. The molecule has 0 atom stereocenters. The van der Waals surface area contributed by atoms with E-state index in [9.17, 15) is 0 Å². The Morgan fingerprint density at radius 1 is 1.57 bits per heavy atom. The number of furan rings is 1. The van der Waals surface area contributed by atoms with Gasteiger partial charge in [0.25, 0.3) is 0 Å². The maximum absolute atomic E-state index is 5.73. The maximum Gasteiger partial charge on any atom is 0.205 e. The molecule has 0 aromatic carbocycles. The molecule has 3 rings (SSSR count). The molecular weight excluding hydrogens is 180 g/mol. The fourth-order valence-corrected chi connectivity index (χ4v) is 1.89. The number of hydrogen-bond donors (Lipinski definition) is 1. The predicted molar refractivity (Wildman–Crippen MR) is 51.0 cm³/mol. The highest BCUT2D eigenvalue weighted by Crippen LogP contribution is 2.49. The second-order valence-corrected chi connectivity index (χ2v) is 4.07. The van der Waals surface area contributed by atoms with Crippen molar-refractivity contribution in [1.82, 2.24) is 5.16 Å². The summed E-state index contributed by atoms with van der Waals surface area (Å²) in [5.74, 6) is 0.857. The van der Waals surface area contributed by atoms with Crippen LogP contribution in [-0.4, -0.2) is 11.7 Å². The first-order valence-electron chi connectivity index (χ1n) is 4.81. The number of aryl methyl sites for hydroxylation is 1. The van der Waals surface area contributed by atoms with Crippen molar-refractivity contribution in [3.63, 3.8) is 0 Å². The Hall–Kier alpha value is -1.29. The van der Waals surface area contributed by atoms with Gasteiger partial charge < -0.3 is 14.7 Å². The standard InChI is InChI=1S/C10H12N2O2/c1-6-4-7-8(13-6)9(12-14-7)10(5-11)2-3-10/h4H,2-3,5,11H2,1H3. The lowest BCUT2D eigenvalue weighted by atomic mass is 10.0. The molecule has 0 radical (unpaired) electrons. The van der Waals surface area contributed by atoms with Crippen LogP contribution in [0.25, 0.3) is 11.2 Å².